The molecule has 0 atom stereocenters. The molecule has 0 saturated heterocycles. The lowest BCUT2D eigenvalue weighted by Gasteiger charge is -2.19. The van der Waals surface area contributed by atoms with Crippen molar-refractivity contribution in [2.24, 2.45) is 4.99 Å². The Morgan fingerprint density at radius 3 is 2.50 bits per heavy atom. The van der Waals surface area contributed by atoms with Crippen molar-refractivity contribution in [2.45, 2.75) is 39.2 Å². The van der Waals surface area contributed by atoms with E-state index in [1.54, 1.807) is 20.8 Å². The predicted octanol–water partition coefficient (Wildman–Crippen LogP) is 0.773. The van der Waals surface area contributed by atoms with Crippen LogP contribution < -0.4 is 5.32 Å². The highest BCUT2D eigenvalue weighted by atomic mass is 16.6. The molecule has 1 aliphatic heterocycles. The number of aliphatic imine (C=N–C) groups is 1. The number of hydrogen-bond donors (Lipinski definition) is 1. The van der Waals surface area contributed by atoms with Crippen molar-refractivity contribution in [1.29, 1.82) is 0 Å². The topological polar surface area (TPSA) is 94.1 Å². The van der Waals surface area contributed by atoms with E-state index in [1.807, 2.05) is 0 Å². The molecule has 1 heterocycles. The van der Waals surface area contributed by atoms with E-state index in [-0.39, 0.29) is 24.8 Å². The number of carbonyl (C=O) groups excluding carboxylic acids is 3. The van der Waals surface area contributed by atoms with E-state index < -0.39 is 17.7 Å². The summed E-state index contributed by atoms with van der Waals surface area (Å²) >= 11 is 0. The number of esters is 1. The maximum Gasteiger partial charge on any atom is 0.408 e. The lowest BCUT2D eigenvalue weighted by molar-refractivity contribution is -0.134. The second-order valence-electron chi connectivity index (χ2n) is 4.73. The van der Waals surface area contributed by atoms with E-state index in [0.717, 1.165) is 0 Å². The SMILES string of the molecule is CC(C)(C)OC(=O)NCC(=O)OC1=NC(=O)CC1. The first-order valence-corrected chi connectivity index (χ1v) is 5.54. The van der Waals surface area contributed by atoms with Crippen LogP contribution in [-0.4, -0.2) is 36.0 Å². The predicted molar refractivity (Wildman–Crippen MR) is 62.0 cm³/mol. The maximum atomic E-state index is 11.3. The number of nitrogens with one attached hydrogen (secondary N) is 1. The molecule has 0 aromatic carbocycles. The zero-order valence-electron chi connectivity index (χ0n) is 10.6. The molecule has 0 unspecified atom stereocenters. The van der Waals surface area contributed by atoms with E-state index >= 15 is 0 Å². The number of hydrogen-bond acceptors (Lipinski definition) is 5. The third-order valence-corrected chi connectivity index (χ3v) is 1.81. The van der Waals surface area contributed by atoms with Crippen molar-refractivity contribution in [2.75, 3.05) is 6.54 Å². The Balaban J connectivity index is 2.27. The van der Waals surface area contributed by atoms with Gasteiger partial charge in [0.15, 0.2) is 0 Å². The summed E-state index contributed by atoms with van der Waals surface area (Å²) < 4.78 is 9.72. The minimum Gasteiger partial charge on any atom is -0.444 e. The number of rotatable bonds is 2. The lowest BCUT2D eigenvalue weighted by atomic mass is 10.2. The smallest absolute Gasteiger partial charge is 0.408 e. The molecule has 1 rings (SSSR count). The number of amides is 2. The van der Waals surface area contributed by atoms with Gasteiger partial charge in [-0.2, -0.15) is 4.99 Å². The van der Waals surface area contributed by atoms with Gasteiger partial charge in [0.25, 0.3) is 0 Å². The van der Waals surface area contributed by atoms with Crippen LogP contribution in [0.3, 0.4) is 0 Å². The molecule has 1 aliphatic rings. The summed E-state index contributed by atoms with van der Waals surface area (Å²) in [6.45, 7) is 4.81. The molecule has 0 radical (unpaired) electrons. The van der Waals surface area contributed by atoms with E-state index in [2.05, 4.69) is 10.3 Å². The quantitative estimate of drug-likeness (QED) is 0.736. The molecule has 0 aliphatic carbocycles. The van der Waals surface area contributed by atoms with Crippen LogP contribution in [-0.2, 0) is 19.1 Å². The van der Waals surface area contributed by atoms with Crippen LogP contribution in [0.1, 0.15) is 33.6 Å². The Hall–Kier alpha value is -1.92. The highest BCUT2D eigenvalue weighted by Crippen LogP contribution is 2.07. The van der Waals surface area contributed by atoms with Gasteiger partial charge >= 0.3 is 12.1 Å². The Labute approximate surface area is 105 Å². The highest BCUT2D eigenvalue weighted by molar-refractivity contribution is 6.02. The Kier molecular flexibility index (Phi) is 4.41. The van der Waals surface area contributed by atoms with Gasteiger partial charge in [0.2, 0.25) is 11.8 Å². The fraction of sp³-hybridized carbons (Fsp3) is 0.636. The minimum atomic E-state index is -0.705. The molecule has 7 heteroatoms. The molecule has 7 nitrogen and oxygen atoms in total. The first-order chi connectivity index (χ1) is 8.26. The highest BCUT2D eigenvalue weighted by Gasteiger charge is 2.20. The van der Waals surface area contributed by atoms with Crippen molar-refractivity contribution >= 4 is 23.9 Å². The second kappa shape index (κ2) is 5.61. The van der Waals surface area contributed by atoms with Gasteiger partial charge < -0.3 is 14.8 Å². The van der Waals surface area contributed by atoms with Crippen LogP contribution in [0.4, 0.5) is 4.79 Å². The van der Waals surface area contributed by atoms with Crippen LogP contribution >= 0.6 is 0 Å². The van der Waals surface area contributed by atoms with Gasteiger partial charge in [0.05, 0.1) is 0 Å². The fourth-order valence-corrected chi connectivity index (χ4v) is 1.16. The first-order valence-electron chi connectivity index (χ1n) is 5.54. The van der Waals surface area contributed by atoms with Crippen LogP contribution in [0.25, 0.3) is 0 Å². The van der Waals surface area contributed by atoms with Gasteiger partial charge in [-0.1, -0.05) is 0 Å². The molecule has 2 amide bonds. The summed E-state index contributed by atoms with van der Waals surface area (Å²) in [6, 6.07) is 0. The summed E-state index contributed by atoms with van der Waals surface area (Å²) in [4.78, 5) is 36.8. The zero-order valence-corrected chi connectivity index (χ0v) is 10.6. The normalized spacial score (nSPS) is 15.1. The van der Waals surface area contributed by atoms with Crippen molar-refractivity contribution in [3.63, 3.8) is 0 Å². The summed E-state index contributed by atoms with van der Waals surface area (Å²) in [5.41, 5.74) is -0.629. The zero-order chi connectivity index (χ0) is 13.8. The molecule has 18 heavy (non-hydrogen) atoms. The summed E-state index contributed by atoms with van der Waals surface area (Å²) in [7, 11) is 0. The number of alkyl carbamates (subject to hydrolysis) is 1. The lowest BCUT2D eigenvalue weighted by Crippen LogP contribution is -2.36. The Bertz CT molecular complexity index is 395. The molecular formula is C11H16N2O5. The molecule has 100 valence electrons. The minimum absolute atomic E-state index is 0.0935. The van der Waals surface area contributed by atoms with Crippen LogP contribution in [0.15, 0.2) is 4.99 Å². The van der Waals surface area contributed by atoms with Gasteiger partial charge in [-0.25, -0.2) is 9.59 Å². The number of ether oxygens (including phenoxy) is 2. The average molecular weight is 256 g/mol. The monoisotopic (exact) mass is 256 g/mol. The van der Waals surface area contributed by atoms with Gasteiger partial charge in [-0.05, 0) is 20.8 Å². The van der Waals surface area contributed by atoms with Gasteiger partial charge in [0, 0.05) is 12.8 Å². The van der Waals surface area contributed by atoms with Gasteiger partial charge in [-0.15, -0.1) is 0 Å². The molecule has 0 fully saturated rings. The summed E-state index contributed by atoms with van der Waals surface area (Å²) in [5, 5.41) is 2.25. The fourth-order valence-electron chi connectivity index (χ4n) is 1.16. The molecule has 1 N–H and O–H groups in total. The van der Waals surface area contributed by atoms with Crippen molar-refractivity contribution in [3.8, 4) is 0 Å². The van der Waals surface area contributed by atoms with Crippen molar-refractivity contribution in [3.05, 3.63) is 0 Å². The molecule has 0 saturated carbocycles. The first kappa shape index (κ1) is 14.1. The van der Waals surface area contributed by atoms with E-state index in [4.69, 9.17) is 9.47 Å². The van der Waals surface area contributed by atoms with E-state index in [1.165, 1.54) is 0 Å². The maximum absolute atomic E-state index is 11.3. The van der Waals surface area contributed by atoms with Crippen molar-refractivity contribution < 1.29 is 23.9 Å². The summed E-state index contributed by atoms with van der Waals surface area (Å²) in [6.07, 6.45) is -0.136. The largest absolute Gasteiger partial charge is 0.444 e. The molecule has 0 bridgehead atoms. The Morgan fingerprint density at radius 1 is 1.33 bits per heavy atom. The Morgan fingerprint density at radius 2 is 2.00 bits per heavy atom. The molecule has 0 spiro atoms. The number of nitrogens with zero attached hydrogens (tertiary/aromatic N) is 1. The third-order valence-electron chi connectivity index (χ3n) is 1.81. The summed E-state index contributed by atoms with van der Waals surface area (Å²) in [5.74, 6) is -0.900. The molecular weight excluding hydrogens is 240 g/mol. The van der Waals surface area contributed by atoms with E-state index in [0.29, 0.717) is 6.42 Å². The van der Waals surface area contributed by atoms with Crippen LogP contribution in [0.5, 0.6) is 0 Å². The standard InChI is InChI=1S/C11H16N2O5/c1-11(2,3)18-10(16)12-6-9(15)17-8-5-4-7(14)13-8/h4-6H2,1-3H3,(H,12,16). The van der Waals surface area contributed by atoms with E-state index in [9.17, 15) is 14.4 Å². The van der Waals surface area contributed by atoms with Gasteiger partial charge in [-0.3, -0.25) is 4.79 Å². The molecule has 0 aromatic heterocycles. The second-order valence-corrected chi connectivity index (χ2v) is 4.73. The van der Waals surface area contributed by atoms with Crippen molar-refractivity contribution in [1.82, 2.24) is 5.32 Å². The van der Waals surface area contributed by atoms with Crippen LogP contribution in [0.2, 0.25) is 0 Å². The van der Waals surface area contributed by atoms with Gasteiger partial charge in [0.1, 0.15) is 12.1 Å². The third kappa shape index (κ3) is 5.42. The number of carbonyl (C=O) groups is 3. The average Bonchev–Trinajstić information content (AvgIpc) is 2.58. The van der Waals surface area contributed by atoms with Crippen LogP contribution in [0, 0.1) is 0 Å². The molecule has 0 aromatic rings.